The minimum Gasteiger partial charge on any atom is -0.326 e. The SMILES string of the molecule is NCc1cc(Cl)ccc1Sc1cc(Cl)ccc1Cl. The summed E-state index contributed by atoms with van der Waals surface area (Å²) in [6.07, 6.45) is 0. The standard InChI is InChI=1S/C13H10Cl3NS/c14-9-2-4-12(8(5-9)7-17)18-13-6-10(15)1-3-11(13)16/h1-6H,7,17H2. The summed E-state index contributed by atoms with van der Waals surface area (Å²) in [6.45, 7) is 0.432. The molecule has 0 bridgehead atoms. The summed E-state index contributed by atoms with van der Waals surface area (Å²) in [4.78, 5) is 1.94. The molecule has 0 aromatic heterocycles. The molecule has 0 saturated carbocycles. The molecule has 0 saturated heterocycles. The van der Waals surface area contributed by atoms with E-state index in [9.17, 15) is 0 Å². The van der Waals surface area contributed by atoms with E-state index in [-0.39, 0.29) is 0 Å². The van der Waals surface area contributed by atoms with E-state index in [1.807, 2.05) is 24.3 Å². The van der Waals surface area contributed by atoms with Crippen molar-refractivity contribution in [3.8, 4) is 0 Å². The van der Waals surface area contributed by atoms with Gasteiger partial charge in [-0.2, -0.15) is 0 Å². The summed E-state index contributed by atoms with van der Waals surface area (Å²) in [6, 6.07) is 11.0. The van der Waals surface area contributed by atoms with Gasteiger partial charge in [0.05, 0.1) is 5.02 Å². The van der Waals surface area contributed by atoms with Crippen LogP contribution < -0.4 is 5.73 Å². The van der Waals surface area contributed by atoms with Gasteiger partial charge in [0.25, 0.3) is 0 Å². The van der Waals surface area contributed by atoms with E-state index in [0.717, 1.165) is 15.4 Å². The van der Waals surface area contributed by atoms with Crippen LogP contribution in [-0.2, 0) is 6.54 Å². The van der Waals surface area contributed by atoms with E-state index >= 15 is 0 Å². The molecule has 0 aliphatic rings. The first-order chi connectivity index (χ1) is 8.60. The van der Waals surface area contributed by atoms with Crippen LogP contribution in [0.15, 0.2) is 46.2 Å². The molecular weight excluding hydrogens is 309 g/mol. The van der Waals surface area contributed by atoms with Crippen LogP contribution in [-0.4, -0.2) is 0 Å². The van der Waals surface area contributed by atoms with Gasteiger partial charge in [-0.05, 0) is 42.0 Å². The average molecular weight is 319 g/mol. The van der Waals surface area contributed by atoms with Crippen LogP contribution >= 0.6 is 46.6 Å². The lowest BCUT2D eigenvalue weighted by molar-refractivity contribution is 1.03. The molecule has 0 amide bonds. The molecule has 0 atom stereocenters. The minimum absolute atomic E-state index is 0.432. The van der Waals surface area contributed by atoms with Crippen molar-refractivity contribution >= 4 is 46.6 Å². The van der Waals surface area contributed by atoms with Crippen LogP contribution in [0.5, 0.6) is 0 Å². The second-order valence-electron chi connectivity index (χ2n) is 3.63. The molecular formula is C13H10Cl3NS. The third-order valence-electron chi connectivity index (χ3n) is 2.36. The zero-order valence-electron chi connectivity index (χ0n) is 9.29. The average Bonchev–Trinajstić information content (AvgIpc) is 2.36. The van der Waals surface area contributed by atoms with Crippen molar-refractivity contribution in [3.63, 3.8) is 0 Å². The minimum atomic E-state index is 0.432. The van der Waals surface area contributed by atoms with Crippen LogP contribution in [0.4, 0.5) is 0 Å². The maximum Gasteiger partial charge on any atom is 0.0546 e. The maximum absolute atomic E-state index is 6.14. The van der Waals surface area contributed by atoms with E-state index in [1.54, 1.807) is 12.1 Å². The van der Waals surface area contributed by atoms with Crippen LogP contribution in [0.1, 0.15) is 5.56 Å². The third kappa shape index (κ3) is 3.34. The lowest BCUT2D eigenvalue weighted by Gasteiger charge is -2.09. The monoisotopic (exact) mass is 317 g/mol. The second-order valence-corrected chi connectivity index (χ2v) is 6.00. The topological polar surface area (TPSA) is 26.0 Å². The van der Waals surface area contributed by atoms with E-state index in [2.05, 4.69) is 0 Å². The predicted octanol–water partition coefficient (Wildman–Crippen LogP) is 5.26. The van der Waals surface area contributed by atoms with Crippen molar-refractivity contribution in [2.24, 2.45) is 5.73 Å². The fraction of sp³-hybridized carbons (Fsp3) is 0.0769. The Balaban J connectivity index is 2.36. The Hall–Kier alpha value is -0.380. The normalized spacial score (nSPS) is 10.7. The lowest BCUT2D eigenvalue weighted by Crippen LogP contribution is -1.98. The first kappa shape index (κ1) is 14.0. The fourth-order valence-electron chi connectivity index (χ4n) is 1.48. The Morgan fingerprint density at radius 2 is 1.56 bits per heavy atom. The zero-order valence-corrected chi connectivity index (χ0v) is 12.4. The molecule has 94 valence electrons. The molecule has 18 heavy (non-hydrogen) atoms. The molecule has 2 rings (SSSR count). The summed E-state index contributed by atoms with van der Waals surface area (Å²) in [5, 5.41) is 2.00. The van der Waals surface area contributed by atoms with Crippen LogP contribution in [0.2, 0.25) is 15.1 Å². The quantitative estimate of drug-likeness (QED) is 0.835. The number of nitrogens with two attached hydrogens (primary N) is 1. The summed E-state index contributed by atoms with van der Waals surface area (Å²) in [5.41, 5.74) is 6.70. The summed E-state index contributed by atoms with van der Waals surface area (Å²) >= 11 is 19.6. The molecule has 2 aromatic carbocycles. The number of hydrogen-bond donors (Lipinski definition) is 1. The number of rotatable bonds is 3. The van der Waals surface area contributed by atoms with Gasteiger partial charge < -0.3 is 5.73 Å². The molecule has 0 aliphatic heterocycles. The predicted molar refractivity (Wildman–Crippen MR) is 79.9 cm³/mol. The Labute approximate surface area is 125 Å². The Kier molecular flexibility index (Phi) is 4.82. The highest BCUT2D eigenvalue weighted by Crippen LogP contribution is 2.37. The summed E-state index contributed by atoms with van der Waals surface area (Å²) in [5.74, 6) is 0. The molecule has 1 nitrogen and oxygen atoms in total. The van der Waals surface area contributed by atoms with Crippen molar-refractivity contribution in [2.75, 3.05) is 0 Å². The molecule has 0 aliphatic carbocycles. The third-order valence-corrected chi connectivity index (χ3v) is 4.44. The molecule has 0 fully saturated rings. The molecule has 0 spiro atoms. The van der Waals surface area contributed by atoms with Crippen LogP contribution in [0.3, 0.4) is 0 Å². The van der Waals surface area contributed by atoms with Gasteiger partial charge in [-0.25, -0.2) is 0 Å². The Bertz CT molecular complexity index is 572. The zero-order chi connectivity index (χ0) is 13.1. The van der Waals surface area contributed by atoms with Crippen LogP contribution in [0.25, 0.3) is 0 Å². The number of halogens is 3. The molecule has 0 radical (unpaired) electrons. The smallest absolute Gasteiger partial charge is 0.0546 e. The van der Waals surface area contributed by atoms with Crippen molar-refractivity contribution in [1.29, 1.82) is 0 Å². The van der Waals surface area contributed by atoms with Gasteiger partial charge in [-0.3, -0.25) is 0 Å². The van der Waals surface area contributed by atoms with Gasteiger partial charge in [0.2, 0.25) is 0 Å². The molecule has 2 N–H and O–H groups in total. The molecule has 2 aromatic rings. The van der Waals surface area contributed by atoms with Crippen LogP contribution in [0, 0.1) is 0 Å². The van der Waals surface area contributed by atoms with Gasteiger partial charge in [0.1, 0.15) is 0 Å². The van der Waals surface area contributed by atoms with E-state index in [1.165, 1.54) is 11.8 Å². The van der Waals surface area contributed by atoms with Gasteiger partial charge in [-0.15, -0.1) is 0 Å². The first-order valence-electron chi connectivity index (χ1n) is 5.21. The van der Waals surface area contributed by atoms with E-state index in [0.29, 0.717) is 21.6 Å². The van der Waals surface area contributed by atoms with E-state index in [4.69, 9.17) is 40.5 Å². The van der Waals surface area contributed by atoms with E-state index < -0.39 is 0 Å². The van der Waals surface area contributed by atoms with Crippen molar-refractivity contribution in [3.05, 3.63) is 57.0 Å². The Morgan fingerprint density at radius 1 is 0.889 bits per heavy atom. The highest BCUT2D eigenvalue weighted by molar-refractivity contribution is 7.99. The van der Waals surface area contributed by atoms with Gasteiger partial charge >= 0.3 is 0 Å². The molecule has 0 unspecified atom stereocenters. The highest BCUT2D eigenvalue weighted by atomic mass is 35.5. The van der Waals surface area contributed by atoms with Gasteiger partial charge in [0, 0.05) is 26.4 Å². The van der Waals surface area contributed by atoms with Crippen molar-refractivity contribution in [2.45, 2.75) is 16.3 Å². The molecule has 0 heterocycles. The van der Waals surface area contributed by atoms with Gasteiger partial charge in [-0.1, -0.05) is 46.6 Å². The fourth-order valence-corrected chi connectivity index (χ4v) is 3.14. The second kappa shape index (κ2) is 6.18. The lowest BCUT2D eigenvalue weighted by atomic mass is 10.2. The number of benzene rings is 2. The number of hydrogen-bond acceptors (Lipinski definition) is 2. The summed E-state index contributed by atoms with van der Waals surface area (Å²) in [7, 11) is 0. The summed E-state index contributed by atoms with van der Waals surface area (Å²) < 4.78 is 0. The first-order valence-corrected chi connectivity index (χ1v) is 7.16. The molecule has 5 heteroatoms. The highest BCUT2D eigenvalue weighted by Gasteiger charge is 2.08. The maximum atomic E-state index is 6.14. The van der Waals surface area contributed by atoms with Crippen molar-refractivity contribution in [1.82, 2.24) is 0 Å². The van der Waals surface area contributed by atoms with Gasteiger partial charge in [0.15, 0.2) is 0 Å². The Morgan fingerprint density at radius 3 is 2.28 bits per heavy atom. The largest absolute Gasteiger partial charge is 0.326 e. The van der Waals surface area contributed by atoms with Crippen molar-refractivity contribution < 1.29 is 0 Å².